The van der Waals surface area contributed by atoms with E-state index in [1.54, 1.807) is 0 Å². The first-order valence-corrected chi connectivity index (χ1v) is 1.86. The maximum atomic E-state index is 3.11. The van der Waals surface area contributed by atoms with E-state index >= 15 is 0 Å². The fraction of sp³-hybridized carbons (Fsp3) is 0.400. The SMILES string of the molecule is [C]1CC=CC1. The van der Waals surface area contributed by atoms with Gasteiger partial charge in [0.25, 0.3) is 0 Å². The fourth-order valence-corrected chi connectivity index (χ4v) is 0.417. The Balaban J connectivity index is 2.32. The highest BCUT2D eigenvalue weighted by Crippen LogP contribution is 2.03. The lowest BCUT2D eigenvalue weighted by Gasteiger charge is -1.67. The van der Waals surface area contributed by atoms with Crippen LogP contribution >= 0.6 is 0 Å². The molecule has 0 bridgehead atoms. The molecule has 1 aliphatic carbocycles. The summed E-state index contributed by atoms with van der Waals surface area (Å²) >= 11 is 0. The summed E-state index contributed by atoms with van der Waals surface area (Å²) in [4.78, 5) is 0. The summed E-state index contributed by atoms with van der Waals surface area (Å²) in [5, 5.41) is 0. The molecule has 0 heteroatoms. The van der Waals surface area contributed by atoms with Crippen LogP contribution in [0.5, 0.6) is 0 Å². The van der Waals surface area contributed by atoms with Gasteiger partial charge in [-0.2, -0.15) is 0 Å². The molecule has 0 atom stereocenters. The minimum Gasteiger partial charge on any atom is -0.0879 e. The van der Waals surface area contributed by atoms with Gasteiger partial charge in [-0.05, 0) is 19.3 Å². The van der Waals surface area contributed by atoms with Crippen molar-refractivity contribution in [2.75, 3.05) is 0 Å². The Kier molecular flexibility index (Phi) is 0.738. The molecular weight excluding hydrogens is 60.1 g/mol. The third-order valence-corrected chi connectivity index (χ3v) is 0.691. The summed E-state index contributed by atoms with van der Waals surface area (Å²) < 4.78 is 0. The molecule has 0 aromatic carbocycles. The van der Waals surface area contributed by atoms with Crippen LogP contribution in [0.2, 0.25) is 0 Å². The van der Waals surface area contributed by atoms with Gasteiger partial charge in [0.15, 0.2) is 0 Å². The second-order valence-corrected chi connectivity index (χ2v) is 1.13. The Morgan fingerprint density at radius 1 is 1.20 bits per heavy atom. The van der Waals surface area contributed by atoms with Gasteiger partial charge < -0.3 is 0 Å². The smallest absolute Gasteiger partial charge is 0.00922 e. The van der Waals surface area contributed by atoms with Crippen molar-refractivity contribution in [2.24, 2.45) is 0 Å². The Morgan fingerprint density at radius 2 is 1.80 bits per heavy atom. The van der Waals surface area contributed by atoms with E-state index < -0.39 is 0 Å². The predicted octanol–water partition coefficient (Wildman–Crippen LogP) is 1.42. The molecule has 0 saturated heterocycles. The Morgan fingerprint density at radius 3 is 2.00 bits per heavy atom. The molecule has 0 aliphatic heterocycles. The maximum Gasteiger partial charge on any atom is -0.00922 e. The lowest BCUT2D eigenvalue weighted by molar-refractivity contribution is 1.20. The van der Waals surface area contributed by atoms with Gasteiger partial charge in [0.05, 0.1) is 0 Å². The third kappa shape index (κ3) is 0.504. The van der Waals surface area contributed by atoms with E-state index in [2.05, 4.69) is 18.6 Å². The molecular formula is C5H6. The van der Waals surface area contributed by atoms with Crippen LogP contribution in [-0.4, -0.2) is 0 Å². The van der Waals surface area contributed by atoms with E-state index in [4.69, 9.17) is 0 Å². The van der Waals surface area contributed by atoms with Gasteiger partial charge in [0.1, 0.15) is 0 Å². The summed E-state index contributed by atoms with van der Waals surface area (Å²) in [6.45, 7) is 0. The standard InChI is InChI=1S/C5H6/c1-2-4-5-3-1/h1-2H,3-4H2. The van der Waals surface area contributed by atoms with Crippen LogP contribution in [-0.2, 0) is 0 Å². The lowest BCUT2D eigenvalue weighted by Crippen LogP contribution is -1.52. The van der Waals surface area contributed by atoms with Gasteiger partial charge in [0, 0.05) is 0 Å². The van der Waals surface area contributed by atoms with Crippen molar-refractivity contribution in [1.29, 1.82) is 0 Å². The molecule has 1 rings (SSSR count). The maximum absolute atomic E-state index is 3.11. The highest BCUT2D eigenvalue weighted by Gasteiger charge is 1.86. The van der Waals surface area contributed by atoms with Gasteiger partial charge in [-0.1, -0.05) is 12.2 Å². The molecule has 0 aromatic rings. The van der Waals surface area contributed by atoms with Crippen LogP contribution in [0, 0.1) is 6.42 Å². The molecule has 0 spiro atoms. The zero-order chi connectivity index (χ0) is 3.54. The zero-order valence-electron chi connectivity index (χ0n) is 3.07. The highest BCUT2D eigenvalue weighted by atomic mass is 13.9. The number of allylic oxidation sites excluding steroid dienone is 2. The van der Waals surface area contributed by atoms with Crippen LogP contribution in [0.25, 0.3) is 0 Å². The molecule has 0 heterocycles. The summed E-state index contributed by atoms with van der Waals surface area (Å²) in [5.41, 5.74) is 0. The normalized spacial score (nSPS) is 20.8. The van der Waals surface area contributed by atoms with E-state index in [0.717, 1.165) is 12.8 Å². The summed E-state index contributed by atoms with van der Waals surface area (Å²) in [7, 11) is 0. The molecule has 0 fully saturated rings. The molecule has 5 heavy (non-hydrogen) atoms. The Labute approximate surface area is 32.5 Å². The molecule has 0 N–H and O–H groups in total. The zero-order valence-corrected chi connectivity index (χ0v) is 3.07. The van der Waals surface area contributed by atoms with Gasteiger partial charge in [-0.3, -0.25) is 0 Å². The minimum absolute atomic E-state index is 1.07. The fourth-order valence-electron chi connectivity index (χ4n) is 0.417. The first kappa shape index (κ1) is 2.95. The van der Waals surface area contributed by atoms with Gasteiger partial charge in [-0.25, -0.2) is 0 Å². The quantitative estimate of drug-likeness (QED) is 0.375. The molecule has 0 saturated carbocycles. The van der Waals surface area contributed by atoms with E-state index in [1.807, 2.05) is 0 Å². The Bertz CT molecular complexity index is 38.0. The van der Waals surface area contributed by atoms with Crippen molar-refractivity contribution in [3.8, 4) is 0 Å². The second kappa shape index (κ2) is 1.25. The van der Waals surface area contributed by atoms with Crippen molar-refractivity contribution in [3.05, 3.63) is 18.6 Å². The van der Waals surface area contributed by atoms with E-state index in [0.29, 0.717) is 0 Å². The average molecular weight is 66.1 g/mol. The average Bonchev–Trinajstić information content (AvgIpc) is 1.76. The van der Waals surface area contributed by atoms with Crippen LogP contribution in [0.3, 0.4) is 0 Å². The van der Waals surface area contributed by atoms with Gasteiger partial charge >= 0.3 is 0 Å². The van der Waals surface area contributed by atoms with Crippen LogP contribution in [0.15, 0.2) is 12.2 Å². The predicted molar refractivity (Wildman–Crippen MR) is 21.6 cm³/mol. The third-order valence-electron chi connectivity index (χ3n) is 0.691. The molecule has 26 valence electrons. The molecule has 0 amide bonds. The van der Waals surface area contributed by atoms with Gasteiger partial charge in [-0.15, -0.1) is 0 Å². The number of rotatable bonds is 0. The van der Waals surface area contributed by atoms with Gasteiger partial charge in [0.2, 0.25) is 0 Å². The first-order valence-electron chi connectivity index (χ1n) is 1.86. The highest BCUT2D eigenvalue weighted by molar-refractivity contribution is 4.98. The largest absolute Gasteiger partial charge is 0.0879 e. The van der Waals surface area contributed by atoms with Crippen molar-refractivity contribution in [3.63, 3.8) is 0 Å². The van der Waals surface area contributed by atoms with E-state index in [9.17, 15) is 0 Å². The van der Waals surface area contributed by atoms with Crippen molar-refractivity contribution in [1.82, 2.24) is 0 Å². The van der Waals surface area contributed by atoms with Crippen LogP contribution in [0.1, 0.15) is 12.8 Å². The van der Waals surface area contributed by atoms with Crippen molar-refractivity contribution in [2.45, 2.75) is 12.8 Å². The first-order chi connectivity index (χ1) is 2.50. The second-order valence-electron chi connectivity index (χ2n) is 1.13. The van der Waals surface area contributed by atoms with E-state index in [-0.39, 0.29) is 0 Å². The lowest BCUT2D eigenvalue weighted by atomic mass is 10.4. The Hall–Kier alpha value is -0.260. The van der Waals surface area contributed by atoms with Crippen molar-refractivity contribution < 1.29 is 0 Å². The monoisotopic (exact) mass is 66.0 g/mol. The summed E-state index contributed by atoms with van der Waals surface area (Å²) in [5.74, 6) is 0. The molecule has 0 aromatic heterocycles. The van der Waals surface area contributed by atoms with Crippen LogP contribution < -0.4 is 0 Å². The molecule has 2 radical (unpaired) electrons. The molecule has 1 aliphatic rings. The van der Waals surface area contributed by atoms with E-state index in [1.165, 1.54) is 0 Å². The molecule has 0 unspecified atom stereocenters. The number of hydrogen-bond acceptors (Lipinski definition) is 0. The van der Waals surface area contributed by atoms with Crippen molar-refractivity contribution >= 4 is 0 Å². The topological polar surface area (TPSA) is 0 Å². The summed E-state index contributed by atoms with van der Waals surface area (Å²) in [6, 6.07) is 0. The number of hydrogen-bond donors (Lipinski definition) is 0. The molecule has 0 nitrogen and oxygen atoms in total. The summed E-state index contributed by atoms with van der Waals surface area (Å²) in [6.07, 6.45) is 9.50. The minimum atomic E-state index is 1.07. The van der Waals surface area contributed by atoms with Crippen LogP contribution in [0.4, 0.5) is 0 Å².